The van der Waals surface area contributed by atoms with Crippen LogP contribution in [0.3, 0.4) is 0 Å². The van der Waals surface area contributed by atoms with Gasteiger partial charge in [0.15, 0.2) is 0 Å². The van der Waals surface area contributed by atoms with E-state index in [1.165, 1.54) is 36.9 Å². The second-order valence-corrected chi connectivity index (χ2v) is 9.40. The first-order chi connectivity index (χ1) is 11.6. The van der Waals surface area contributed by atoms with Crippen molar-refractivity contribution in [1.82, 2.24) is 15.3 Å². The molecule has 12 heteroatoms. The highest BCUT2D eigenvalue weighted by molar-refractivity contribution is 7.93. The van der Waals surface area contributed by atoms with Crippen molar-refractivity contribution in [2.75, 3.05) is 19.9 Å². The quantitative estimate of drug-likeness (QED) is 0.422. The van der Waals surface area contributed by atoms with Crippen molar-refractivity contribution in [3.8, 4) is 5.75 Å². The number of hydrogen-bond acceptors (Lipinski definition) is 8. The van der Waals surface area contributed by atoms with Gasteiger partial charge >= 0.3 is 0 Å². The molecule has 10 nitrogen and oxygen atoms in total. The Kier molecular flexibility index (Phi) is 5.39. The first-order valence-corrected chi connectivity index (χ1v) is 10.5. The molecule has 0 radical (unpaired) electrons. The number of carbonyl (C=O) groups is 1. The SMILES string of the molecule is COc1ccc(S(=O)(=O)C2(C(=O)NO)CCCN2NS(C)(=O)=O)cc1. The van der Waals surface area contributed by atoms with Gasteiger partial charge in [-0.3, -0.25) is 10.0 Å². The number of amides is 1. The number of hydroxylamine groups is 1. The lowest BCUT2D eigenvalue weighted by atomic mass is 10.2. The van der Waals surface area contributed by atoms with Gasteiger partial charge in [0.25, 0.3) is 5.91 Å². The zero-order valence-electron chi connectivity index (χ0n) is 13.6. The molecule has 0 aromatic heterocycles. The Morgan fingerprint density at radius 3 is 2.32 bits per heavy atom. The van der Waals surface area contributed by atoms with E-state index in [-0.39, 0.29) is 24.3 Å². The highest BCUT2D eigenvalue weighted by atomic mass is 32.2. The number of hydrazine groups is 1. The molecule has 3 N–H and O–H groups in total. The number of hydrogen-bond donors (Lipinski definition) is 3. The number of sulfonamides is 1. The molecule has 1 fully saturated rings. The summed E-state index contributed by atoms with van der Waals surface area (Å²) >= 11 is 0. The summed E-state index contributed by atoms with van der Waals surface area (Å²) in [6, 6.07) is 5.30. The van der Waals surface area contributed by atoms with Gasteiger partial charge in [-0.25, -0.2) is 27.3 Å². The fourth-order valence-electron chi connectivity index (χ4n) is 2.79. The Morgan fingerprint density at radius 1 is 1.24 bits per heavy atom. The molecule has 1 aliphatic rings. The highest BCUT2D eigenvalue weighted by Crippen LogP contribution is 2.38. The molecule has 2 rings (SSSR count). The number of ether oxygens (including phenoxy) is 1. The standard InChI is InChI=1S/C13H19N3O7S2/c1-23-10-4-6-11(7-5-10)25(21,22)13(12(17)14-18)8-3-9-16(13)15-24(2,19)20/h4-7,15,18H,3,8-9H2,1-2H3,(H,14,17). The largest absolute Gasteiger partial charge is 0.497 e. The minimum Gasteiger partial charge on any atom is -0.497 e. The molecule has 1 atom stereocenters. The summed E-state index contributed by atoms with van der Waals surface area (Å²) in [6.07, 6.45) is 0.870. The molecular formula is C13H19N3O7S2. The maximum Gasteiger partial charge on any atom is 0.281 e. The third-order valence-corrected chi connectivity index (χ3v) is 6.82. The van der Waals surface area contributed by atoms with Gasteiger partial charge in [-0.05, 0) is 37.1 Å². The predicted octanol–water partition coefficient (Wildman–Crippen LogP) is -0.769. The van der Waals surface area contributed by atoms with E-state index in [4.69, 9.17) is 9.94 Å². The van der Waals surface area contributed by atoms with E-state index < -0.39 is 30.6 Å². The Bertz CT molecular complexity index is 852. The minimum atomic E-state index is -4.39. The van der Waals surface area contributed by atoms with Crippen LogP contribution in [0.1, 0.15) is 12.8 Å². The topological polar surface area (TPSA) is 142 Å². The van der Waals surface area contributed by atoms with Crippen molar-refractivity contribution in [2.45, 2.75) is 22.6 Å². The molecule has 1 aliphatic heterocycles. The van der Waals surface area contributed by atoms with Crippen LogP contribution in [0.25, 0.3) is 0 Å². The monoisotopic (exact) mass is 393 g/mol. The molecule has 25 heavy (non-hydrogen) atoms. The lowest BCUT2D eigenvalue weighted by Crippen LogP contribution is -2.64. The van der Waals surface area contributed by atoms with E-state index in [2.05, 4.69) is 4.83 Å². The van der Waals surface area contributed by atoms with Gasteiger partial charge in [0, 0.05) is 6.54 Å². The second-order valence-electron chi connectivity index (χ2n) is 5.52. The van der Waals surface area contributed by atoms with E-state index in [1.54, 1.807) is 0 Å². The molecular weight excluding hydrogens is 374 g/mol. The van der Waals surface area contributed by atoms with Crippen molar-refractivity contribution in [3.05, 3.63) is 24.3 Å². The van der Waals surface area contributed by atoms with Crippen LogP contribution in [0.5, 0.6) is 5.75 Å². The Morgan fingerprint density at radius 2 is 1.84 bits per heavy atom. The number of rotatable bonds is 6. The zero-order valence-corrected chi connectivity index (χ0v) is 15.2. The fraction of sp³-hybridized carbons (Fsp3) is 0.462. The Labute approximate surface area is 145 Å². The highest BCUT2D eigenvalue weighted by Gasteiger charge is 2.59. The molecule has 1 aromatic rings. The van der Waals surface area contributed by atoms with Crippen LogP contribution in [0.15, 0.2) is 29.2 Å². The number of carbonyl (C=O) groups excluding carboxylic acids is 1. The molecule has 0 bridgehead atoms. The van der Waals surface area contributed by atoms with Crippen LogP contribution >= 0.6 is 0 Å². The molecule has 1 amide bonds. The number of benzene rings is 1. The van der Waals surface area contributed by atoms with Gasteiger partial charge in [-0.2, -0.15) is 0 Å². The van der Waals surface area contributed by atoms with E-state index >= 15 is 0 Å². The number of nitrogens with zero attached hydrogens (tertiary/aromatic N) is 1. The molecule has 1 saturated heterocycles. The van der Waals surface area contributed by atoms with E-state index in [0.717, 1.165) is 11.3 Å². The number of sulfone groups is 1. The summed E-state index contributed by atoms with van der Waals surface area (Å²) in [6.45, 7) is -0.0180. The van der Waals surface area contributed by atoms with Crippen molar-refractivity contribution in [3.63, 3.8) is 0 Å². The summed E-state index contributed by atoms with van der Waals surface area (Å²) in [7, 11) is -6.81. The molecule has 1 aromatic carbocycles. The Balaban J connectivity index is 2.60. The molecule has 0 spiro atoms. The average molecular weight is 393 g/mol. The smallest absolute Gasteiger partial charge is 0.281 e. The molecule has 1 heterocycles. The lowest BCUT2D eigenvalue weighted by molar-refractivity contribution is -0.136. The number of nitrogens with one attached hydrogen (secondary N) is 2. The van der Waals surface area contributed by atoms with Crippen LogP contribution in [0.2, 0.25) is 0 Å². The first-order valence-electron chi connectivity index (χ1n) is 7.17. The van der Waals surface area contributed by atoms with Crippen LogP contribution in [0.4, 0.5) is 0 Å². The van der Waals surface area contributed by atoms with Crippen molar-refractivity contribution in [1.29, 1.82) is 0 Å². The third kappa shape index (κ3) is 3.48. The molecule has 0 aliphatic carbocycles. The zero-order chi connectivity index (χ0) is 18.9. The molecule has 140 valence electrons. The van der Waals surface area contributed by atoms with Gasteiger partial charge < -0.3 is 4.74 Å². The average Bonchev–Trinajstić information content (AvgIpc) is 2.97. The minimum absolute atomic E-state index is 0.0180. The van der Waals surface area contributed by atoms with Gasteiger partial charge in [-0.1, -0.05) is 0 Å². The summed E-state index contributed by atoms with van der Waals surface area (Å²) in [5, 5.41) is 9.91. The second kappa shape index (κ2) is 6.88. The molecule has 0 saturated carbocycles. The van der Waals surface area contributed by atoms with Gasteiger partial charge in [0.05, 0.1) is 18.3 Å². The summed E-state index contributed by atoms with van der Waals surface area (Å²) in [5.74, 6) is -0.825. The summed E-state index contributed by atoms with van der Waals surface area (Å²) in [5.41, 5.74) is 1.34. The van der Waals surface area contributed by atoms with Crippen LogP contribution in [0, 0.1) is 0 Å². The predicted molar refractivity (Wildman–Crippen MR) is 86.8 cm³/mol. The van der Waals surface area contributed by atoms with E-state index in [9.17, 15) is 21.6 Å². The lowest BCUT2D eigenvalue weighted by Gasteiger charge is -2.35. The Hall–Kier alpha value is -1.73. The number of methoxy groups -OCH3 is 1. The maximum atomic E-state index is 13.2. The van der Waals surface area contributed by atoms with Crippen LogP contribution < -0.4 is 15.0 Å². The third-order valence-electron chi connectivity index (χ3n) is 3.88. The van der Waals surface area contributed by atoms with Gasteiger partial charge in [0.2, 0.25) is 24.7 Å². The fourth-order valence-corrected chi connectivity index (χ4v) is 5.51. The van der Waals surface area contributed by atoms with Gasteiger partial charge in [-0.15, -0.1) is 4.83 Å². The normalized spacial score (nSPS) is 21.9. The van der Waals surface area contributed by atoms with Gasteiger partial charge in [0.1, 0.15) is 5.75 Å². The summed E-state index contributed by atoms with van der Waals surface area (Å²) < 4.78 is 54.4. The maximum absolute atomic E-state index is 13.2. The van der Waals surface area contributed by atoms with Crippen LogP contribution in [-0.2, 0) is 24.7 Å². The summed E-state index contributed by atoms with van der Waals surface area (Å²) in [4.78, 5) is 11.9. The first kappa shape index (κ1) is 19.6. The van der Waals surface area contributed by atoms with E-state index in [0.29, 0.717) is 5.75 Å². The van der Waals surface area contributed by atoms with Crippen LogP contribution in [-0.4, -0.2) is 57.7 Å². The van der Waals surface area contributed by atoms with Crippen molar-refractivity contribution in [2.24, 2.45) is 0 Å². The van der Waals surface area contributed by atoms with E-state index in [1.807, 2.05) is 0 Å². The van der Waals surface area contributed by atoms with Crippen molar-refractivity contribution < 1.29 is 31.6 Å². The van der Waals surface area contributed by atoms with Crippen molar-refractivity contribution >= 4 is 25.8 Å². The molecule has 1 unspecified atom stereocenters.